The van der Waals surface area contributed by atoms with Gasteiger partial charge < -0.3 is 179 Å². The van der Waals surface area contributed by atoms with Crippen LogP contribution in [0.5, 0.6) is 0 Å². The third-order valence-electron chi connectivity index (χ3n) is 15.3. The van der Waals surface area contributed by atoms with Gasteiger partial charge in [-0.1, -0.05) is 0 Å². The van der Waals surface area contributed by atoms with Crippen LogP contribution in [-0.4, -0.2) is 380 Å². The van der Waals surface area contributed by atoms with Crippen molar-refractivity contribution in [3.05, 3.63) is 0 Å². The minimum absolute atomic E-state index is 0.811. The van der Waals surface area contributed by atoms with Gasteiger partial charge in [-0.15, -0.1) is 0 Å². The molecule has 23 N–H and O–H groups in total. The molecule has 488 valence electrons. The maximum Gasteiger partial charge on any atom is 0.217 e. The van der Waals surface area contributed by atoms with Crippen LogP contribution in [-0.2, 0) is 71.2 Å². The van der Waals surface area contributed by atoms with Crippen LogP contribution in [0.1, 0.15) is 13.8 Å². The number of ether oxygens (including phenoxy) is 13. The molecule has 7 fully saturated rings. The first-order valence-corrected chi connectivity index (χ1v) is 26.6. The second kappa shape index (κ2) is 29.9. The minimum atomic E-state index is -2.42. The van der Waals surface area contributed by atoms with Gasteiger partial charge >= 0.3 is 0 Å². The van der Waals surface area contributed by atoms with Crippen LogP contribution < -0.4 is 10.6 Å². The SMILES string of the molecule is CC(=O)N[C@H]1[C@H](O[C@H]2[C@H](O[C@H]3O[C@H](CO)[C@@H](O)[C@H](O)[C@@H]3O)[C@H](O)[C@H](O[C@H]3[C@H](O)[C@@H](NC(C)=O)C(O)O[C@@H]3CO)O[C@@H]2CO[C@H]2O[C@H](CO[C@H]3O[C@H](CO)[C@@H](O)[C@H](O)[C@@H]3O)[C@@H](O)[C@H](O[C@H]3O[C@H](CO)[C@@H](O)[C@H](O)[C@@H]3O)[C@@H]2O)O[C@H](CO)[C@@H](O)[C@@H]1O. The van der Waals surface area contributed by atoms with E-state index in [-0.39, 0.29) is 0 Å². The normalized spacial score (nSPS) is 50.3. The van der Waals surface area contributed by atoms with Gasteiger partial charge in [0.2, 0.25) is 11.8 Å². The molecule has 2 amide bonds. The van der Waals surface area contributed by atoms with Crippen molar-refractivity contribution in [3.8, 4) is 0 Å². The molecule has 0 radical (unpaired) electrons. The molecule has 0 saturated carbocycles. The average Bonchev–Trinajstić information content (AvgIpc) is 1.74. The van der Waals surface area contributed by atoms with E-state index in [0.717, 1.165) is 13.8 Å². The molecule has 0 aromatic rings. The number of carbonyl (C=O) groups excluding carboxylic acids is 2. The van der Waals surface area contributed by atoms with Crippen molar-refractivity contribution in [2.24, 2.45) is 0 Å². The molecular formula is C46H78N2O36. The highest BCUT2D eigenvalue weighted by Crippen LogP contribution is 2.38. The van der Waals surface area contributed by atoms with Crippen LogP contribution >= 0.6 is 0 Å². The molecule has 7 aliphatic heterocycles. The van der Waals surface area contributed by atoms with E-state index in [9.17, 15) is 117 Å². The van der Waals surface area contributed by atoms with E-state index >= 15 is 0 Å². The Morgan fingerprint density at radius 1 is 0.310 bits per heavy atom. The highest BCUT2D eigenvalue weighted by Gasteiger charge is 2.59. The van der Waals surface area contributed by atoms with Crippen molar-refractivity contribution in [1.82, 2.24) is 10.6 Å². The maximum atomic E-state index is 12.6. The fourth-order valence-electron chi connectivity index (χ4n) is 10.6. The number of rotatable bonds is 21. The number of carbonyl (C=O) groups is 2. The van der Waals surface area contributed by atoms with Gasteiger partial charge in [0.1, 0.15) is 171 Å². The molecule has 7 saturated heterocycles. The smallest absolute Gasteiger partial charge is 0.217 e. The zero-order valence-electron chi connectivity index (χ0n) is 44.7. The molecule has 38 heteroatoms. The second-order valence-corrected chi connectivity index (χ2v) is 21.1. The van der Waals surface area contributed by atoms with Crippen molar-refractivity contribution in [2.75, 3.05) is 46.2 Å². The van der Waals surface area contributed by atoms with Gasteiger partial charge in [0, 0.05) is 13.8 Å². The Balaban J connectivity index is 1.29. The summed E-state index contributed by atoms with van der Waals surface area (Å²) >= 11 is 0. The van der Waals surface area contributed by atoms with Crippen LogP contribution in [0.4, 0.5) is 0 Å². The first-order valence-electron chi connectivity index (χ1n) is 26.6. The quantitative estimate of drug-likeness (QED) is 0.0507. The molecule has 0 aromatic carbocycles. The molecule has 0 bridgehead atoms. The van der Waals surface area contributed by atoms with E-state index in [1.54, 1.807) is 0 Å². The second-order valence-electron chi connectivity index (χ2n) is 21.1. The number of nitrogens with one attached hydrogen (secondary N) is 2. The summed E-state index contributed by atoms with van der Waals surface area (Å²) in [5.74, 6) is -1.69. The zero-order valence-corrected chi connectivity index (χ0v) is 44.7. The van der Waals surface area contributed by atoms with Crippen LogP contribution in [0.25, 0.3) is 0 Å². The van der Waals surface area contributed by atoms with Crippen molar-refractivity contribution in [2.45, 2.75) is 229 Å². The van der Waals surface area contributed by atoms with Gasteiger partial charge in [-0.05, 0) is 0 Å². The lowest BCUT2D eigenvalue weighted by molar-refractivity contribution is -0.398. The fraction of sp³-hybridized carbons (Fsp3) is 0.957. The summed E-state index contributed by atoms with van der Waals surface area (Å²) in [5.41, 5.74) is 0. The molecule has 0 aliphatic carbocycles. The number of aliphatic hydroxyl groups is 21. The fourth-order valence-corrected chi connectivity index (χ4v) is 10.6. The first kappa shape index (κ1) is 69.1. The van der Waals surface area contributed by atoms with Crippen LogP contribution in [0, 0.1) is 0 Å². The number of hydrogen-bond acceptors (Lipinski definition) is 36. The summed E-state index contributed by atoms with van der Waals surface area (Å²) < 4.78 is 75.8. The van der Waals surface area contributed by atoms with E-state index < -0.39 is 273 Å². The van der Waals surface area contributed by atoms with Gasteiger partial charge in [0.05, 0.1) is 46.2 Å². The summed E-state index contributed by atoms with van der Waals surface area (Å²) in [6.07, 6.45) is -66.9. The summed E-state index contributed by atoms with van der Waals surface area (Å²) in [7, 11) is 0. The van der Waals surface area contributed by atoms with Gasteiger partial charge in [-0.25, -0.2) is 0 Å². The van der Waals surface area contributed by atoms with Crippen LogP contribution in [0.2, 0.25) is 0 Å². The Labute approximate surface area is 475 Å². The summed E-state index contributed by atoms with van der Waals surface area (Å²) in [6.45, 7) is -5.09. The molecule has 7 aliphatic rings. The van der Waals surface area contributed by atoms with Crippen molar-refractivity contribution >= 4 is 11.8 Å². The molecule has 38 nitrogen and oxygen atoms in total. The Hall–Kier alpha value is -2.42. The van der Waals surface area contributed by atoms with E-state index in [4.69, 9.17) is 61.6 Å². The first-order chi connectivity index (χ1) is 39.7. The van der Waals surface area contributed by atoms with E-state index in [1.807, 2.05) is 0 Å². The van der Waals surface area contributed by atoms with Crippen molar-refractivity contribution in [3.63, 3.8) is 0 Å². The van der Waals surface area contributed by atoms with E-state index in [0.29, 0.717) is 0 Å². The van der Waals surface area contributed by atoms with E-state index in [2.05, 4.69) is 10.6 Å². The number of hydrogen-bond donors (Lipinski definition) is 23. The molecule has 7 rings (SSSR count). The lowest BCUT2D eigenvalue weighted by Gasteiger charge is -2.51. The monoisotopic (exact) mass is 1230 g/mol. The topological polar surface area (TPSA) is 603 Å². The van der Waals surface area contributed by atoms with Crippen LogP contribution in [0.15, 0.2) is 0 Å². The van der Waals surface area contributed by atoms with Crippen LogP contribution in [0.3, 0.4) is 0 Å². The molecule has 7 heterocycles. The Morgan fingerprint density at radius 3 is 1.14 bits per heavy atom. The van der Waals surface area contributed by atoms with Gasteiger partial charge in [0.15, 0.2) is 44.0 Å². The largest absolute Gasteiger partial charge is 0.394 e. The minimum Gasteiger partial charge on any atom is -0.394 e. The van der Waals surface area contributed by atoms with Crippen molar-refractivity contribution < 1.29 is 178 Å². The van der Waals surface area contributed by atoms with Gasteiger partial charge in [-0.3, -0.25) is 9.59 Å². The van der Waals surface area contributed by atoms with Crippen molar-refractivity contribution in [1.29, 1.82) is 0 Å². The molecule has 0 spiro atoms. The molecule has 0 aromatic heterocycles. The third kappa shape index (κ3) is 14.9. The predicted molar refractivity (Wildman–Crippen MR) is 255 cm³/mol. The summed E-state index contributed by atoms with van der Waals surface area (Å²) in [5, 5.41) is 232. The lowest BCUT2D eigenvalue weighted by atomic mass is 9.94. The lowest BCUT2D eigenvalue weighted by Crippen LogP contribution is -2.70. The maximum absolute atomic E-state index is 12.6. The summed E-state index contributed by atoms with van der Waals surface area (Å²) in [4.78, 5) is 24.8. The molecule has 35 atom stereocenters. The molecular weight excluding hydrogens is 1160 g/mol. The van der Waals surface area contributed by atoms with Gasteiger partial charge in [0.25, 0.3) is 0 Å². The molecule has 1 unspecified atom stereocenters. The van der Waals surface area contributed by atoms with Gasteiger partial charge in [-0.2, -0.15) is 0 Å². The number of aliphatic hydroxyl groups excluding tert-OH is 21. The molecule has 84 heavy (non-hydrogen) atoms. The standard InChI is InChI=1S/C46H78N2O36/c1-10(54)47-19-27(62)36(16(7-53)74-40(19)71)81-46-35(70)39(84-45-33(68)30(65)24(59)15(6-52)78-45)37(82-41-20(48-11(2)55)26(61)21(56)12(3-49)75-41)18(80-46)9-73-43-34(69)38(83-44-32(67)29(64)23(58)14(5-51)77-44)25(60)17(79-43)8-72-42-31(66)28(63)22(57)13(4-50)76-42/h12-46,49-53,56-71H,3-9H2,1-2H3,(H,47,54)(H,48,55)/t12-,13-,14-,15-,16-,17-,18-,19-,20-,21-,22-,23-,24-,25-,26-,27-,28+,29+,30+,31+,32+,33+,34+,35+,36-,37-,38+,39-,40?,41+,42+,43+,44-,45-,46+/m1/s1. The number of amides is 2. The summed E-state index contributed by atoms with van der Waals surface area (Å²) in [6, 6.07) is -3.52. The highest BCUT2D eigenvalue weighted by atomic mass is 16.8. The Bertz CT molecular complexity index is 2060. The zero-order chi connectivity index (χ0) is 61.9. The Morgan fingerprint density at radius 2 is 0.655 bits per heavy atom. The third-order valence-corrected chi connectivity index (χ3v) is 15.3. The Kier molecular flexibility index (Phi) is 24.6. The van der Waals surface area contributed by atoms with E-state index in [1.165, 1.54) is 0 Å². The highest BCUT2D eigenvalue weighted by molar-refractivity contribution is 5.73. The average molecular weight is 1240 g/mol. The predicted octanol–water partition coefficient (Wildman–Crippen LogP) is -16.0.